The van der Waals surface area contributed by atoms with Crippen LogP contribution in [0.15, 0.2) is 47.2 Å². The Kier molecular flexibility index (Phi) is 6.98. The topological polar surface area (TPSA) is 46.2 Å². The second-order valence-corrected chi connectivity index (χ2v) is 8.65. The Hall–Kier alpha value is -0.790. The molecule has 22 heavy (non-hydrogen) atoms. The van der Waals surface area contributed by atoms with Gasteiger partial charge in [-0.3, -0.25) is 0 Å². The van der Waals surface area contributed by atoms with Crippen LogP contribution in [0, 0.1) is 0 Å². The van der Waals surface area contributed by atoms with Crippen molar-refractivity contribution in [1.29, 1.82) is 0 Å². The minimum absolute atomic E-state index is 0.420. The first-order chi connectivity index (χ1) is 10.6. The van der Waals surface area contributed by atoms with Crippen LogP contribution in [0.4, 0.5) is 0 Å². The van der Waals surface area contributed by atoms with E-state index in [0.29, 0.717) is 11.6 Å². The van der Waals surface area contributed by atoms with E-state index in [9.17, 15) is 8.42 Å². The zero-order valence-electron chi connectivity index (χ0n) is 11.7. The maximum atomic E-state index is 11.8. The van der Waals surface area contributed by atoms with Crippen molar-refractivity contribution in [3.63, 3.8) is 0 Å². The Morgan fingerprint density at radius 1 is 1.23 bits per heavy atom. The molecule has 0 amide bonds. The highest BCUT2D eigenvalue weighted by molar-refractivity contribution is 7.98. The van der Waals surface area contributed by atoms with E-state index in [-0.39, 0.29) is 0 Å². The van der Waals surface area contributed by atoms with Crippen LogP contribution in [0.5, 0.6) is 0 Å². The van der Waals surface area contributed by atoms with Crippen LogP contribution in [0.1, 0.15) is 10.4 Å². The van der Waals surface area contributed by atoms with Gasteiger partial charge in [-0.2, -0.15) is 11.8 Å². The van der Waals surface area contributed by atoms with Crippen LogP contribution in [-0.2, 0) is 15.8 Å². The Labute approximate surface area is 144 Å². The molecular weight excluding hydrogens is 358 g/mol. The summed E-state index contributed by atoms with van der Waals surface area (Å²) in [5, 5.41) is 3.85. The number of nitrogens with one attached hydrogen (secondary N) is 1. The average molecular weight is 374 g/mol. The molecule has 0 atom stereocenters. The molecular formula is C15H16ClNO2S3. The van der Waals surface area contributed by atoms with Crippen LogP contribution >= 0.6 is 34.7 Å². The third-order valence-corrected chi connectivity index (χ3v) is 6.10. The van der Waals surface area contributed by atoms with Gasteiger partial charge in [0, 0.05) is 33.4 Å². The van der Waals surface area contributed by atoms with Crippen LogP contribution < -0.4 is 4.72 Å². The van der Waals surface area contributed by atoms with Crippen molar-refractivity contribution < 1.29 is 8.42 Å². The van der Waals surface area contributed by atoms with Gasteiger partial charge in [0.1, 0.15) is 0 Å². The van der Waals surface area contributed by atoms with Crippen LogP contribution in [0.25, 0.3) is 6.08 Å². The SMILES string of the molecule is O=S(=O)(/C=C/c1ccc(Cl)cc1)NCCSCc1cccs1. The summed E-state index contributed by atoms with van der Waals surface area (Å²) in [5.74, 6) is 1.66. The summed E-state index contributed by atoms with van der Waals surface area (Å²) in [6.45, 7) is 0.420. The first-order valence-corrected chi connectivity index (χ1v) is 10.5. The van der Waals surface area contributed by atoms with E-state index in [0.717, 1.165) is 17.1 Å². The van der Waals surface area contributed by atoms with Gasteiger partial charge in [-0.1, -0.05) is 29.8 Å². The number of thioether (sulfide) groups is 1. The van der Waals surface area contributed by atoms with E-state index in [1.807, 2.05) is 11.4 Å². The Bertz CT molecular complexity index is 695. The fraction of sp³-hybridized carbons (Fsp3) is 0.200. The molecule has 0 aliphatic carbocycles. The van der Waals surface area contributed by atoms with Crippen molar-refractivity contribution in [3.05, 3.63) is 62.6 Å². The lowest BCUT2D eigenvalue weighted by molar-refractivity contribution is 0.593. The lowest BCUT2D eigenvalue weighted by Gasteiger charge is -2.02. The van der Waals surface area contributed by atoms with Gasteiger partial charge in [0.15, 0.2) is 0 Å². The Morgan fingerprint density at radius 2 is 2.00 bits per heavy atom. The summed E-state index contributed by atoms with van der Waals surface area (Å²) in [4.78, 5) is 1.30. The molecule has 7 heteroatoms. The second kappa shape index (κ2) is 8.74. The normalized spacial score (nSPS) is 12.0. The van der Waals surface area contributed by atoms with Crippen LogP contribution in [-0.4, -0.2) is 20.7 Å². The van der Waals surface area contributed by atoms with Gasteiger partial charge in [0.05, 0.1) is 0 Å². The fourth-order valence-corrected chi connectivity index (χ4v) is 4.39. The highest BCUT2D eigenvalue weighted by Crippen LogP contribution is 2.16. The first-order valence-electron chi connectivity index (χ1n) is 6.59. The molecule has 0 bridgehead atoms. The van der Waals surface area contributed by atoms with Crippen molar-refractivity contribution in [3.8, 4) is 0 Å². The molecule has 0 saturated heterocycles. The molecule has 1 N–H and O–H groups in total. The van der Waals surface area contributed by atoms with Crippen molar-refractivity contribution >= 4 is 50.8 Å². The summed E-state index contributed by atoms with van der Waals surface area (Å²) < 4.78 is 26.2. The molecule has 1 aromatic carbocycles. The summed E-state index contributed by atoms with van der Waals surface area (Å²) in [5.41, 5.74) is 0.793. The van der Waals surface area contributed by atoms with E-state index >= 15 is 0 Å². The molecule has 0 saturated carbocycles. The molecule has 1 heterocycles. The standard InChI is InChI=1S/C15H16ClNO2S3/c16-14-5-3-13(4-6-14)7-11-22(18,19)17-8-10-20-12-15-2-1-9-21-15/h1-7,9,11,17H,8,10,12H2/b11-7+. The van der Waals surface area contributed by atoms with Gasteiger partial charge < -0.3 is 0 Å². The summed E-state index contributed by atoms with van der Waals surface area (Å²) in [6, 6.07) is 11.1. The van der Waals surface area contributed by atoms with Gasteiger partial charge in [0.2, 0.25) is 10.0 Å². The van der Waals surface area contributed by atoms with E-state index < -0.39 is 10.0 Å². The predicted molar refractivity (Wildman–Crippen MR) is 97.9 cm³/mol. The Morgan fingerprint density at radius 3 is 2.68 bits per heavy atom. The number of sulfonamides is 1. The number of hydrogen-bond acceptors (Lipinski definition) is 4. The second-order valence-electron chi connectivity index (χ2n) is 4.43. The number of hydrogen-bond donors (Lipinski definition) is 1. The molecule has 0 fully saturated rings. The van der Waals surface area contributed by atoms with Crippen LogP contribution in [0.3, 0.4) is 0 Å². The van der Waals surface area contributed by atoms with Gasteiger partial charge in [-0.25, -0.2) is 13.1 Å². The summed E-state index contributed by atoms with van der Waals surface area (Å²) >= 11 is 9.21. The van der Waals surface area contributed by atoms with E-state index in [1.165, 1.54) is 10.3 Å². The van der Waals surface area contributed by atoms with E-state index in [2.05, 4.69) is 10.8 Å². The predicted octanol–water partition coefficient (Wildman–Crippen LogP) is 4.23. The lowest BCUT2D eigenvalue weighted by atomic mass is 10.2. The van der Waals surface area contributed by atoms with Crippen LogP contribution in [0.2, 0.25) is 5.02 Å². The number of benzene rings is 1. The van der Waals surface area contributed by atoms with Gasteiger partial charge in [0.25, 0.3) is 0 Å². The van der Waals surface area contributed by atoms with Crippen molar-refractivity contribution in [2.75, 3.05) is 12.3 Å². The maximum Gasteiger partial charge on any atom is 0.233 e. The third-order valence-electron chi connectivity index (χ3n) is 2.68. The molecule has 0 spiro atoms. The molecule has 3 nitrogen and oxygen atoms in total. The minimum Gasteiger partial charge on any atom is -0.211 e. The Balaban J connectivity index is 1.72. The molecule has 118 valence electrons. The van der Waals surface area contributed by atoms with Gasteiger partial charge >= 0.3 is 0 Å². The summed E-state index contributed by atoms with van der Waals surface area (Å²) in [6.07, 6.45) is 1.55. The largest absolute Gasteiger partial charge is 0.233 e. The quantitative estimate of drug-likeness (QED) is 0.704. The number of halogens is 1. The molecule has 0 aliphatic rings. The van der Waals surface area contributed by atoms with Crippen molar-refractivity contribution in [2.24, 2.45) is 0 Å². The van der Waals surface area contributed by atoms with E-state index in [4.69, 9.17) is 11.6 Å². The van der Waals surface area contributed by atoms with Crippen molar-refractivity contribution in [1.82, 2.24) is 4.72 Å². The fourth-order valence-electron chi connectivity index (χ4n) is 1.61. The zero-order chi connectivity index (χ0) is 15.8. The zero-order valence-corrected chi connectivity index (χ0v) is 14.9. The third kappa shape index (κ3) is 6.54. The number of rotatable bonds is 8. The molecule has 2 rings (SSSR count). The molecule has 0 unspecified atom stereocenters. The molecule has 0 radical (unpaired) electrons. The highest BCUT2D eigenvalue weighted by atomic mass is 35.5. The molecule has 1 aromatic heterocycles. The maximum absolute atomic E-state index is 11.8. The number of thiophene rings is 1. The first kappa shape index (κ1) is 17.6. The van der Waals surface area contributed by atoms with Gasteiger partial charge in [-0.05, 0) is 35.2 Å². The molecule has 0 aliphatic heterocycles. The average Bonchev–Trinajstić information content (AvgIpc) is 3.00. The smallest absolute Gasteiger partial charge is 0.211 e. The van der Waals surface area contributed by atoms with Gasteiger partial charge in [-0.15, -0.1) is 11.3 Å². The highest BCUT2D eigenvalue weighted by Gasteiger charge is 2.04. The minimum atomic E-state index is -3.40. The summed E-state index contributed by atoms with van der Waals surface area (Å²) in [7, 11) is -3.40. The van der Waals surface area contributed by atoms with E-state index in [1.54, 1.807) is 53.4 Å². The molecule has 2 aromatic rings. The van der Waals surface area contributed by atoms with Crippen molar-refractivity contribution in [2.45, 2.75) is 5.75 Å². The lowest BCUT2D eigenvalue weighted by Crippen LogP contribution is -2.23. The monoisotopic (exact) mass is 373 g/mol.